The summed E-state index contributed by atoms with van der Waals surface area (Å²) >= 11 is 5.87. The van der Waals surface area contributed by atoms with Crippen LogP contribution in [0, 0.1) is 0 Å². The number of nitrogens with zero attached hydrogens (tertiary/aromatic N) is 1. The van der Waals surface area contributed by atoms with Crippen molar-refractivity contribution in [2.75, 3.05) is 7.11 Å². The van der Waals surface area contributed by atoms with Gasteiger partial charge < -0.3 is 0 Å². The van der Waals surface area contributed by atoms with Crippen LogP contribution in [0.25, 0.3) is 0 Å². The molecule has 0 unspecified atom stereocenters. The molecule has 76 valence electrons. The zero-order chi connectivity index (χ0) is 9.94. The van der Waals surface area contributed by atoms with Crippen molar-refractivity contribution >= 4 is 18.5 Å². The molecule has 5 heteroatoms. The van der Waals surface area contributed by atoms with Gasteiger partial charge in [0.25, 0.3) is 0 Å². The van der Waals surface area contributed by atoms with E-state index in [0.29, 0.717) is 0 Å². The molecule has 0 aliphatic heterocycles. The van der Waals surface area contributed by atoms with Crippen LogP contribution < -0.4 is 0 Å². The molecule has 0 aromatic heterocycles. The first-order chi connectivity index (χ1) is 5.33. The van der Waals surface area contributed by atoms with E-state index in [2.05, 4.69) is 0 Å². The average Bonchev–Trinajstić information content (AvgIpc) is 1.84. The summed E-state index contributed by atoms with van der Waals surface area (Å²) in [6.45, 7) is 7.94. The van der Waals surface area contributed by atoms with E-state index in [1.54, 1.807) is 0 Å². The Morgan fingerprint density at radius 1 is 1.25 bits per heavy atom. The van der Waals surface area contributed by atoms with Crippen LogP contribution in [-0.2, 0) is 4.52 Å². The molecule has 0 fully saturated rings. The first kappa shape index (κ1) is 12.6. The SMILES string of the molecule is CO[PH](O)(Cl)N(C(C)C)C(C)C. The van der Waals surface area contributed by atoms with Gasteiger partial charge in [0.1, 0.15) is 0 Å². The summed E-state index contributed by atoms with van der Waals surface area (Å²) in [5.41, 5.74) is 0. The summed E-state index contributed by atoms with van der Waals surface area (Å²) in [6.07, 6.45) is 0. The van der Waals surface area contributed by atoms with Crippen molar-refractivity contribution in [2.45, 2.75) is 39.8 Å². The van der Waals surface area contributed by atoms with E-state index in [-0.39, 0.29) is 12.1 Å². The maximum atomic E-state index is 9.73. The van der Waals surface area contributed by atoms with E-state index in [1.165, 1.54) is 7.11 Å². The Bertz CT molecular complexity index is 133. The molecule has 0 heterocycles. The molecular formula is C7H19ClNO2P. The molecule has 1 N–H and O–H groups in total. The van der Waals surface area contributed by atoms with Gasteiger partial charge in [-0.15, -0.1) is 0 Å². The van der Waals surface area contributed by atoms with Crippen molar-refractivity contribution in [1.29, 1.82) is 0 Å². The number of rotatable bonds is 4. The number of hydrogen-bond donors (Lipinski definition) is 1. The second kappa shape index (κ2) is 4.73. The van der Waals surface area contributed by atoms with Crippen molar-refractivity contribution in [3.05, 3.63) is 0 Å². The molecule has 0 aromatic carbocycles. The fraction of sp³-hybridized carbons (Fsp3) is 1.00. The maximum absolute atomic E-state index is 9.73. The van der Waals surface area contributed by atoms with Crippen LogP contribution in [0.15, 0.2) is 0 Å². The first-order valence-corrected chi connectivity index (χ1v) is 6.89. The van der Waals surface area contributed by atoms with Crippen LogP contribution in [0.1, 0.15) is 27.7 Å². The number of hydrogen-bond acceptors (Lipinski definition) is 3. The third-order valence-corrected chi connectivity index (χ3v) is 4.93. The molecule has 0 spiro atoms. The van der Waals surface area contributed by atoms with E-state index in [4.69, 9.17) is 15.8 Å². The molecule has 0 saturated heterocycles. The van der Waals surface area contributed by atoms with Gasteiger partial charge in [-0.3, -0.25) is 0 Å². The van der Waals surface area contributed by atoms with E-state index >= 15 is 0 Å². The van der Waals surface area contributed by atoms with Gasteiger partial charge in [0.15, 0.2) is 0 Å². The molecule has 0 saturated carbocycles. The fourth-order valence-corrected chi connectivity index (χ4v) is 3.99. The first-order valence-electron chi connectivity index (χ1n) is 4.07. The van der Waals surface area contributed by atoms with Gasteiger partial charge in [-0.1, -0.05) is 0 Å². The molecule has 12 heavy (non-hydrogen) atoms. The molecule has 0 aliphatic carbocycles. The van der Waals surface area contributed by atoms with Gasteiger partial charge in [0, 0.05) is 0 Å². The quantitative estimate of drug-likeness (QED) is 0.731. The van der Waals surface area contributed by atoms with E-state index in [9.17, 15) is 4.89 Å². The monoisotopic (exact) mass is 215 g/mol. The predicted octanol–water partition coefficient (Wildman–Crippen LogP) is 2.39. The Kier molecular flexibility index (Phi) is 4.97. The Morgan fingerprint density at radius 3 is 1.67 bits per heavy atom. The second-order valence-corrected chi connectivity index (χ2v) is 6.79. The summed E-state index contributed by atoms with van der Waals surface area (Å²) in [6, 6.07) is 0.387. The van der Waals surface area contributed by atoms with Crippen molar-refractivity contribution in [1.82, 2.24) is 4.67 Å². The van der Waals surface area contributed by atoms with Crippen LogP contribution in [0.4, 0.5) is 0 Å². The van der Waals surface area contributed by atoms with Gasteiger partial charge >= 0.3 is 79.4 Å². The van der Waals surface area contributed by atoms with Gasteiger partial charge in [0.05, 0.1) is 0 Å². The number of halogens is 1. The topological polar surface area (TPSA) is 32.7 Å². The van der Waals surface area contributed by atoms with E-state index in [1.807, 2.05) is 32.4 Å². The van der Waals surface area contributed by atoms with Gasteiger partial charge in [-0.05, 0) is 0 Å². The molecule has 0 aromatic rings. The van der Waals surface area contributed by atoms with Gasteiger partial charge in [0.2, 0.25) is 0 Å². The van der Waals surface area contributed by atoms with Gasteiger partial charge in [-0.25, -0.2) is 0 Å². The summed E-state index contributed by atoms with van der Waals surface area (Å²) < 4.78 is 6.72. The molecule has 0 atom stereocenters. The molecule has 0 amide bonds. The Morgan fingerprint density at radius 2 is 1.58 bits per heavy atom. The summed E-state index contributed by atoms with van der Waals surface area (Å²) in [5, 5.41) is 0. The average molecular weight is 216 g/mol. The zero-order valence-electron chi connectivity index (χ0n) is 8.34. The Hall–Kier alpha value is 0.600. The summed E-state index contributed by atoms with van der Waals surface area (Å²) in [4.78, 5) is 9.73. The third-order valence-electron chi connectivity index (χ3n) is 1.69. The van der Waals surface area contributed by atoms with Crippen LogP contribution in [0.3, 0.4) is 0 Å². The van der Waals surface area contributed by atoms with Gasteiger partial charge in [-0.2, -0.15) is 0 Å². The molecule has 3 nitrogen and oxygen atoms in total. The standard InChI is InChI=1S/C7H19ClNO2P/c1-6(2)9(7(3)4)12(8,10)11-5/h6-7,10,12H,1-5H3. The minimum atomic E-state index is -3.13. The van der Waals surface area contributed by atoms with Crippen molar-refractivity contribution < 1.29 is 9.42 Å². The zero-order valence-corrected chi connectivity index (χ0v) is 10.1. The molecule has 0 bridgehead atoms. The van der Waals surface area contributed by atoms with Crippen LogP contribution in [-0.4, -0.2) is 28.8 Å². The molecule has 0 rings (SSSR count). The summed E-state index contributed by atoms with van der Waals surface area (Å²) in [7, 11) is -1.69. The third kappa shape index (κ3) is 3.15. The second-order valence-electron chi connectivity index (χ2n) is 3.33. The van der Waals surface area contributed by atoms with Crippen LogP contribution in [0.5, 0.6) is 0 Å². The summed E-state index contributed by atoms with van der Waals surface area (Å²) in [5.74, 6) is 0. The van der Waals surface area contributed by atoms with Crippen LogP contribution >= 0.6 is 18.5 Å². The molecule has 0 aliphatic rings. The fourth-order valence-electron chi connectivity index (χ4n) is 1.34. The van der Waals surface area contributed by atoms with Crippen molar-refractivity contribution in [3.8, 4) is 0 Å². The Labute approximate surface area is 80.0 Å². The Balaban J connectivity index is 4.50. The molecule has 0 radical (unpaired) electrons. The van der Waals surface area contributed by atoms with Crippen molar-refractivity contribution in [3.63, 3.8) is 0 Å². The van der Waals surface area contributed by atoms with Crippen LogP contribution in [0.2, 0.25) is 0 Å². The molecular weight excluding hydrogens is 197 g/mol. The van der Waals surface area contributed by atoms with Crippen molar-refractivity contribution in [2.24, 2.45) is 0 Å². The van der Waals surface area contributed by atoms with E-state index < -0.39 is 7.22 Å². The van der Waals surface area contributed by atoms with E-state index in [0.717, 1.165) is 0 Å². The normalized spacial score (nSPS) is 14.8. The predicted molar refractivity (Wildman–Crippen MR) is 55.5 cm³/mol. The minimum absolute atomic E-state index is 0.194.